The predicted octanol–water partition coefficient (Wildman–Crippen LogP) is 4.65. The van der Waals surface area contributed by atoms with E-state index in [1.807, 2.05) is 85.6 Å². The Balaban J connectivity index is 2.02. The monoisotopic (exact) mass is 349 g/mol. The summed E-state index contributed by atoms with van der Waals surface area (Å²) in [6.45, 7) is 4.13. The minimum Gasteiger partial charge on any atom is -0.497 e. The van der Waals surface area contributed by atoms with E-state index in [4.69, 9.17) is 9.47 Å². The first-order chi connectivity index (χ1) is 12.7. The Bertz CT molecular complexity index is 822. The molecule has 1 heterocycles. The fourth-order valence-electron chi connectivity index (χ4n) is 3.18. The number of benzene rings is 2. The molecule has 0 aliphatic carbocycles. The summed E-state index contributed by atoms with van der Waals surface area (Å²) in [6.07, 6.45) is 4.05. The summed E-state index contributed by atoms with van der Waals surface area (Å²) in [5, 5.41) is 0. The van der Waals surface area contributed by atoms with Crippen LogP contribution in [0.3, 0.4) is 0 Å². The molecule has 0 amide bonds. The van der Waals surface area contributed by atoms with E-state index in [0.717, 1.165) is 22.7 Å². The first-order valence-electron chi connectivity index (χ1n) is 8.70. The van der Waals surface area contributed by atoms with Crippen LogP contribution >= 0.6 is 0 Å². The SMILES string of the molecule is CCOC(=O)C1=C(C)N(c2ccc(OC)cc2)C=CC1c1ccccc1. The quantitative estimate of drug-likeness (QED) is 0.737. The molecule has 1 unspecified atom stereocenters. The average Bonchev–Trinajstić information content (AvgIpc) is 2.68. The molecule has 0 saturated carbocycles. The van der Waals surface area contributed by atoms with Crippen molar-refractivity contribution in [1.29, 1.82) is 0 Å². The molecule has 26 heavy (non-hydrogen) atoms. The largest absolute Gasteiger partial charge is 0.497 e. The number of allylic oxidation sites excluding steroid dienone is 2. The molecule has 2 aromatic rings. The summed E-state index contributed by atoms with van der Waals surface area (Å²) in [6, 6.07) is 17.8. The molecule has 1 aliphatic rings. The molecular formula is C22H23NO3. The lowest BCUT2D eigenvalue weighted by atomic mass is 9.87. The second-order valence-corrected chi connectivity index (χ2v) is 6.02. The summed E-state index contributed by atoms with van der Waals surface area (Å²) < 4.78 is 10.6. The Morgan fingerprint density at radius 3 is 2.38 bits per heavy atom. The molecule has 2 aromatic carbocycles. The number of rotatable bonds is 5. The molecular weight excluding hydrogens is 326 g/mol. The summed E-state index contributed by atoms with van der Waals surface area (Å²) in [5.74, 6) is 0.399. The van der Waals surface area contributed by atoms with E-state index < -0.39 is 0 Å². The third kappa shape index (κ3) is 3.49. The highest BCUT2D eigenvalue weighted by Crippen LogP contribution is 2.36. The Labute approximate surface area is 154 Å². The number of methoxy groups -OCH3 is 1. The van der Waals surface area contributed by atoms with Gasteiger partial charge in [0, 0.05) is 23.5 Å². The molecule has 134 valence electrons. The molecule has 3 rings (SSSR count). The fraction of sp³-hybridized carbons (Fsp3) is 0.227. The predicted molar refractivity (Wildman–Crippen MR) is 103 cm³/mol. The first kappa shape index (κ1) is 17.8. The van der Waals surface area contributed by atoms with Gasteiger partial charge in [0.2, 0.25) is 0 Å². The molecule has 0 spiro atoms. The Hall–Kier alpha value is -3.01. The van der Waals surface area contributed by atoms with Gasteiger partial charge in [-0.15, -0.1) is 0 Å². The molecule has 0 fully saturated rings. The molecule has 1 atom stereocenters. The fourth-order valence-corrected chi connectivity index (χ4v) is 3.18. The lowest BCUT2D eigenvalue weighted by molar-refractivity contribution is -0.138. The number of ether oxygens (including phenoxy) is 2. The maximum Gasteiger partial charge on any atom is 0.336 e. The number of hydrogen-bond donors (Lipinski definition) is 0. The molecule has 0 aromatic heterocycles. The second-order valence-electron chi connectivity index (χ2n) is 6.02. The zero-order valence-corrected chi connectivity index (χ0v) is 15.3. The zero-order valence-electron chi connectivity index (χ0n) is 15.3. The van der Waals surface area contributed by atoms with Gasteiger partial charge in [0.15, 0.2) is 0 Å². The summed E-state index contributed by atoms with van der Waals surface area (Å²) >= 11 is 0. The van der Waals surface area contributed by atoms with Crippen LogP contribution in [0, 0.1) is 0 Å². The third-order valence-corrected chi connectivity index (χ3v) is 4.49. The van der Waals surface area contributed by atoms with Crippen molar-refractivity contribution >= 4 is 11.7 Å². The summed E-state index contributed by atoms with van der Waals surface area (Å²) in [4.78, 5) is 14.7. The van der Waals surface area contributed by atoms with Crippen LogP contribution in [0.4, 0.5) is 5.69 Å². The van der Waals surface area contributed by atoms with Crippen molar-refractivity contribution in [3.63, 3.8) is 0 Å². The van der Waals surface area contributed by atoms with Crippen molar-refractivity contribution in [2.24, 2.45) is 0 Å². The standard InChI is InChI=1S/C22H23NO3/c1-4-26-22(24)21-16(2)23(18-10-12-19(25-3)13-11-18)15-14-20(21)17-8-6-5-7-9-17/h5-15,20H,4H2,1-3H3. The molecule has 4 heteroatoms. The van der Waals surface area contributed by atoms with Crippen LogP contribution < -0.4 is 9.64 Å². The van der Waals surface area contributed by atoms with Crippen LogP contribution in [0.15, 0.2) is 78.1 Å². The van der Waals surface area contributed by atoms with Crippen LogP contribution in [-0.4, -0.2) is 19.7 Å². The van der Waals surface area contributed by atoms with Crippen molar-refractivity contribution in [2.45, 2.75) is 19.8 Å². The molecule has 0 radical (unpaired) electrons. The number of nitrogens with zero attached hydrogens (tertiary/aromatic N) is 1. The summed E-state index contributed by atoms with van der Waals surface area (Å²) in [7, 11) is 1.64. The molecule has 0 N–H and O–H groups in total. The second kappa shape index (κ2) is 7.91. The normalized spacial score (nSPS) is 16.6. The van der Waals surface area contributed by atoms with E-state index in [1.165, 1.54) is 0 Å². The highest BCUT2D eigenvalue weighted by atomic mass is 16.5. The first-order valence-corrected chi connectivity index (χ1v) is 8.70. The van der Waals surface area contributed by atoms with Crippen LogP contribution in [0.25, 0.3) is 0 Å². The van der Waals surface area contributed by atoms with Gasteiger partial charge in [0.05, 0.1) is 19.3 Å². The number of anilines is 1. The number of carbonyl (C=O) groups excluding carboxylic acids is 1. The van der Waals surface area contributed by atoms with Gasteiger partial charge in [-0.1, -0.05) is 36.4 Å². The van der Waals surface area contributed by atoms with Crippen LogP contribution in [0.2, 0.25) is 0 Å². The van der Waals surface area contributed by atoms with Gasteiger partial charge in [-0.05, 0) is 43.7 Å². The topological polar surface area (TPSA) is 38.8 Å². The van der Waals surface area contributed by atoms with Crippen LogP contribution in [0.1, 0.15) is 25.3 Å². The van der Waals surface area contributed by atoms with Crippen molar-refractivity contribution < 1.29 is 14.3 Å². The van der Waals surface area contributed by atoms with Gasteiger partial charge >= 0.3 is 5.97 Å². The number of hydrogen-bond acceptors (Lipinski definition) is 4. The van der Waals surface area contributed by atoms with Gasteiger partial charge in [0.25, 0.3) is 0 Å². The van der Waals surface area contributed by atoms with E-state index in [0.29, 0.717) is 12.2 Å². The average molecular weight is 349 g/mol. The van der Waals surface area contributed by atoms with Crippen molar-refractivity contribution in [3.05, 3.63) is 83.7 Å². The van der Waals surface area contributed by atoms with E-state index in [-0.39, 0.29) is 11.9 Å². The zero-order chi connectivity index (χ0) is 18.5. The maximum absolute atomic E-state index is 12.7. The van der Waals surface area contributed by atoms with Gasteiger partial charge in [-0.3, -0.25) is 0 Å². The van der Waals surface area contributed by atoms with E-state index in [1.54, 1.807) is 7.11 Å². The smallest absolute Gasteiger partial charge is 0.336 e. The van der Waals surface area contributed by atoms with E-state index >= 15 is 0 Å². The van der Waals surface area contributed by atoms with Crippen molar-refractivity contribution in [2.75, 3.05) is 18.6 Å². The molecule has 0 bridgehead atoms. The highest BCUT2D eigenvalue weighted by Gasteiger charge is 2.29. The van der Waals surface area contributed by atoms with Crippen molar-refractivity contribution in [3.8, 4) is 5.75 Å². The van der Waals surface area contributed by atoms with E-state index in [2.05, 4.69) is 0 Å². The van der Waals surface area contributed by atoms with Crippen LogP contribution in [0.5, 0.6) is 5.75 Å². The van der Waals surface area contributed by atoms with E-state index in [9.17, 15) is 4.79 Å². The Kier molecular flexibility index (Phi) is 5.42. The van der Waals surface area contributed by atoms with Crippen LogP contribution in [-0.2, 0) is 9.53 Å². The Morgan fingerprint density at radius 2 is 1.77 bits per heavy atom. The highest BCUT2D eigenvalue weighted by molar-refractivity contribution is 5.93. The lowest BCUT2D eigenvalue weighted by Crippen LogP contribution is -2.26. The van der Waals surface area contributed by atoms with Gasteiger partial charge < -0.3 is 14.4 Å². The number of esters is 1. The molecule has 1 aliphatic heterocycles. The van der Waals surface area contributed by atoms with Gasteiger partial charge in [-0.25, -0.2) is 4.79 Å². The summed E-state index contributed by atoms with van der Waals surface area (Å²) in [5.41, 5.74) is 3.56. The minimum absolute atomic E-state index is 0.121. The maximum atomic E-state index is 12.7. The Morgan fingerprint density at radius 1 is 1.08 bits per heavy atom. The molecule has 4 nitrogen and oxygen atoms in total. The lowest BCUT2D eigenvalue weighted by Gasteiger charge is -2.31. The van der Waals surface area contributed by atoms with Gasteiger partial charge in [0.1, 0.15) is 5.75 Å². The van der Waals surface area contributed by atoms with Gasteiger partial charge in [-0.2, -0.15) is 0 Å². The third-order valence-electron chi connectivity index (χ3n) is 4.49. The van der Waals surface area contributed by atoms with Crippen molar-refractivity contribution in [1.82, 2.24) is 0 Å². The minimum atomic E-state index is -0.276. The molecule has 0 saturated heterocycles. The number of carbonyl (C=O) groups is 1.